The Morgan fingerprint density at radius 3 is 2.65 bits per heavy atom. The third-order valence-corrected chi connectivity index (χ3v) is 6.18. The molecule has 0 amide bonds. The van der Waals surface area contributed by atoms with Gasteiger partial charge < -0.3 is 15.7 Å². The molecule has 3 N–H and O–H groups in total. The van der Waals surface area contributed by atoms with Gasteiger partial charge in [-0.25, -0.2) is 4.98 Å². The van der Waals surface area contributed by atoms with Crippen molar-refractivity contribution >= 4 is 11.8 Å². The van der Waals surface area contributed by atoms with Gasteiger partial charge in [-0.1, -0.05) is 32.0 Å². The van der Waals surface area contributed by atoms with Crippen LogP contribution in [0.15, 0.2) is 30.5 Å². The first-order valence-electron chi connectivity index (χ1n) is 11.0. The molecule has 3 aromatic rings. The second kappa shape index (κ2) is 9.16. The van der Waals surface area contributed by atoms with E-state index < -0.39 is 23.3 Å². The number of benzene rings is 1. The first-order valence-corrected chi connectivity index (χ1v) is 11.0. The molecule has 2 atom stereocenters. The van der Waals surface area contributed by atoms with Gasteiger partial charge in [0, 0.05) is 18.8 Å². The van der Waals surface area contributed by atoms with E-state index in [1.165, 1.54) is 0 Å². The number of aliphatic hydroxyl groups is 1. The molecule has 0 spiro atoms. The number of anilines is 2. The molecule has 1 aliphatic carbocycles. The molecule has 4 rings (SSSR count). The third-order valence-electron chi connectivity index (χ3n) is 6.18. The Morgan fingerprint density at radius 2 is 1.97 bits per heavy atom. The lowest BCUT2D eigenvalue weighted by molar-refractivity contribution is -0.137. The van der Waals surface area contributed by atoms with E-state index in [-0.39, 0.29) is 24.4 Å². The van der Waals surface area contributed by atoms with Crippen molar-refractivity contribution in [2.75, 3.05) is 10.6 Å². The predicted molar refractivity (Wildman–Crippen MR) is 119 cm³/mol. The summed E-state index contributed by atoms with van der Waals surface area (Å²) in [5.41, 5.74) is 0.233. The molecule has 12 heteroatoms. The highest BCUT2D eigenvalue weighted by Crippen LogP contribution is 2.39. The van der Waals surface area contributed by atoms with Crippen LogP contribution in [-0.4, -0.2) is 47.4 Å². The zero-order chi connectivity index (χ0) is 24.5. The minimum Gasteiger partial charge on any atom is -0.393 e. The van der Waals surface area contributed by atoms with Crippen molar-refractivity contribution in [1.82, 2.24) is 30.2 Å². The van der Waals surface area contributed by atoms with Crippen LogP contribution in [0.2, 0.25) is 0 Å². The highest BCUT2D eigenvalue weighted by Gasteiger charge is 2.39. The number of alkyl halides is 3. The molecule has 182 valence electrons. The smallest absolute Gasteiger partial charge is 0.393 e. The van der Waals surface area contributed by atoms with Gasteiger partial charge in [0.2, 0.25) is 5.95 Å². The van der Waals surface area contributed by atoms with Crippen LogP contribution < -0.4 is 10.6 Å². The molecule has 1 saturated carbocycles. The normalized spacial score (nSPS) is 20.2. The molecule has 2 heterocycles. The Balaban J connectivity index is 1.56. The fourth-order valence-corrected chi connectivity index (χ4v) is 4.22. The number of hydrogen-bond donors (Lipinski definition) is 3. The minimum absolute atomic E-state index is 0.0637. The van der Waals surface area contributed by atoms with E-state index in [1.54, 1.807) is 11.6 Å². The summed E-state index contributed by atoms with van der Waals surface area (Å²) < 4.78 is 42.5. The van der Waals surface area contributed by atoms with E-state index in [0.717, 1.165) is 17.4 Å². The van der Waals surface area contributed by atoms with Crippen LogP contribution in [0.3, 0.4) is 0 Å². The maximum Gasteiger partial charge on any atom is 0.421 e. The average Bonchev–Trinajstić information content (AvgIpc) is 3.20. The number of aliphatic hydroxyl groups excluding tert-OH is 1. The van der Waals surface area contributed by atoms with Gasteiger partial charge in [-0.05, 0) is 53.7 Å². The van der Waals surface area contributed by atoms with Crippen LogP contribution in [-0.2, 0) is 12.7 Å². The van der Waals surface area contributed by atoms with E-state index >= 15 is 0 Å². The van der Waals surface area contributed by atoms with Gasteiger partial charge in [-0.3, -0.25) is 0 Å². The van der Waals surface area contributed by atoms with Gasteiger partial charge in [-0.2, -0.15) is 22.8 Å². The number of tetrazole rings is 1. The summed E-state index contributed by atoms with van der Waals surface area (Å²) in [5.74, 6) is 0.394. The number of para-hydroxylation sites is 1. The maximum atomic E-state index is 13.6. The zero-order valence-electron chi connectivity index (χ0n) is 19.1. The molecule has 2 aromatic heterocycles. The number of hydrogen-bond acceptors (Lipinski definition) is 8. The second-order valence-electron chi connectivity index (χ2n) is 9.20. The monoisotopic (exact) mass is 476 g/mol. The lowest BCUT2D eigenvalue weighted by atomic mass is 9.73. The Bertz CT molecular complexity index is 1150. The SMILES string of the molecule is Cc1nnnn1-c1ccccc1CNc1ncc(C(F)(F)F)c(N[C@H]2CC[C@H](O)C(C)(C)C2)n1. The Morgan fingerprint density at radius 1 is 1.21 bits per heavy atom. The molecule has 1 fully saturated rings. The van der Waals surface area contributed by atoms with Gasteiger partial charge >= 0.3 is 6.18 Å². The lowest BCUT2D eigenvalue weighted by Crippen LogP contribution is -2.41. The highest BCUT2D eigenvalue weighted by atomic mass is 19.4. The summed E-state index contributed by atoms with van der Waals surface area (Å²) in [6.45, 7) is 5.84. The molecular formula is C22H27F3N8O. The highest BCUT2D eigenvalue weighted by molar-refractivity contribution is 5.50. The lowest BCUT2D eigenvalue weighted by Gasteiger charge is -2.40. The van der Waals surface area contributed by atoms with Gasteiger partial charge in [0.25, 0.3) is 0 Å². The minimum atomic E-state index is -4.60. The number of nitrogens with one attached hydrogen (secondary N) is 2. The van der Waals surface area contributed by atoms with Gasteiger partial charge in [0.05, 0.1) is 11.8 Å². The van der Waals surface area contributed by atoms with Crippen molar-refractivity contribution in [3.63, 3.8) is 0 Å². The zero-order valence-corrected chi connectivity index (χ0v) is 19.1. The molecule has 9 nitrogen and oxygen atoms in total. The van der Waals surface area contributed by atoms with Crippen molar-refractivity contribution in [3.05, 3.63) is 47.4 Å². The number of aromatic nitrogens is 6. The number of aryl methyl sites for hydroxylation is 1. The first kappa shape index (κ1) is 23.9. The maximum absolute atomic E-state index is 13.6. The van der Waals surface area contributed by atoms with Crippen molar-refractivity contribution in [3.8, 4) is 5.69 Å². The summed E-state index contributed by atoms with van der Waals surface area (Å²) in [5, 5.41) is 27.7. The summed E-state index contributed by atoms with van der Waals surface area (Å²) in [4.78, 5) is 8.06. The third kappa shape index (κ3) is 5.11. The molecule has 1 aromatic carbocycles. The van der Waals surface area contributed by atoms with Gasteiger partial charge in [-0.15, -0.1) is 5.10 Å². The van der Waals surface area contributed by atoms with E-state index in [1.807, 2.05) is 38.1 Å². The second-order valence-corrected chi connectivity index (χ2v) is 9.20. The molecule has 34 heavy (non-hydrogen) atoms. The number of rotatable bonds is 6. The standard InChI is InChI=1S/C22H27F3N8O/c1-13-30-31-32-33(13)17-7-5-4-6-14(17)11-26-20-27-12-16(22(23,24)25)19(29-20)28-15-8-9-18(34)21(2,3)10-15/h4-7,12,15,18,34H,8-11H2,1-3H3,(H2,26,27,28,29)/t15-,18-/m0/s1. The predicted octanol–water partition coefficient (Wildman–Crippen LogP) is 3.74. The van der Waals surface area contributed by atoms with Gasteiger partial charge in [0.15, 0.2) is 5.82 Å². The molecule has 0 saturated heterocycles. The Kier molecular flexibility index (Phi) is 6.43. The summed E-state index contributed by atoms with van der Waals surface area (Å²) in [6.07, 6.45) is -2.72. The summed E-state index contributed by atoms with van der Waals surface area (Å²) >= 11 is 0. The van der Waals surface area contributed by atoms with E-state index in [9.17, 15) is 18.3 Å². The largest absolute Gasteiger partial charge is 0.421 e. The van der Waals surface area contributed by atoms with Crippen LogP contribution >= 0.6 is 0 Å². The van der Waals surface area contributed by atoms with Crippen molar-refractivity contribution < 1.29 is 18.3 Å². The molecule has 0 aliphatic heterocycles. The van der Waals surface area contributed by atoms with Gasteiger partial charge in [0.1, 0.15) is 11.4 Å². The van der Waals surface area contributed by atoms with E-state index in [2.05, 4.69) is 36.1 Å². The van der Waals surface area contributed by atoms with Crippen LogP contribution in [0.4, 0.5) is 24.9 Å². The van der Waals surface area contributed by atoms with E-state index in [0.29, 0.717) is 25.1 Å². The number of nitrogens with zero attached hydrogens (tertiary/aromatic N) is 6. The van der Waals surface area contributed by atoms with Crippen molar-refractivity contribution in [2.45, 2.75) is 64.9 Å². The number of halogens is 3. The fraction of sp³-hybridized carbons (Fsp3) is 0.500. The van der Waals surface area contributed by atoms with Crippen molar-refractivity contribution in [2.24, 2.45) is 5.41 Å². The topological polar surface area (TPSA) is 114 Å². The van der Waals surface area contributed by atoms with Crippen LogP contribution in [0.25, 0.3) is 5.69 Å². The Hall–Kier alpha value is -3.28. The van der Waals surface area contributed by atoms with Crippen LogP contribution in [0.5, 0.6) is 0 Å². The Labute approximate surface area is 194 Å². The summed E-state index contributed by atoms with van der Waals surface area (Å²) in [7, 11) is 0. The van der Waals surface area contributed by atoms with Crippen molar-refractivity contribution in [1.29, 1.82) is 0 Å². The molecular weight excluding hydrogens is 449 g/mol. The molecule has 0 unspecified atom stereocenters. The average molecular weight is 477 g/mol. The molecule has 0 radical (unpaired) electrons. The summed E-state index contributed by atoms with van der Waals surface area (Å²) in [6, 6.07) is 7.16. The fourth-order valence-electron chi connectivity index (χ4n) is 4.22. The van der Waals surface area contributed by atoms with E-state index in [4.69, 9.17) is 0 Å². The first-order chi connectivity index (χ1) is 16.0. The van der Waals surface area contributed by atoms with Crippen LogP contribution in [0.1, 0.15) is 50.1 Å². The molecule has 0 bridgehead atoms. The molecule has 1 aliphatic rings. The van der Waals surface area contributed by atoms with Crippen LogP contribution in [0, 0.1) is 12.3 Å². The quantitative estimate of drug-likeness (QED) is 0.493.